The van der Waals surface area contributed by atoms with Crippen molar-refractivity contribution >= 4 is 29.9 Å². The Balaban J connectivity index is 0.00000480. The molecular formula is C22H36IN5O3. The highest BCUT2D eigenvalue weighted by Crippen LogP contribution is 2.34. The number of methoxy groups -OCH3 is 3. The predicted octanol–water partition coefficient (Wildman–Crippen LogP) is 3.37. The molecule has 0 saturated heterocycles. The second kappa shape index (κ2) is 12.6. The van der Waals surface area contributed by atoms with Gasteiger partial charge in [-0.2, -0.15) is 5.10 Å². The van der Waals surface area contributed by atoms with E-state index in [0.717, 1.165) is 30.2 Å². The van der Waals surface area contributed by atoms with Gasteiger partial charge in [-0.1, -0.05) is 0 Å². The Morgan fingerprint density at radius 3 is 2.23 bits per heavy atom. The molecule has 174 valence electrons. The molecule has 0 spiro atoms. The molecule has 0 aliphatic rings. The van der Waals surface area contributed by atoms with Crippen molar-refractivity contribution in [3.05, 3.63) is 34.6 Å². The van der Waals surface area contributed by atoms with Gasteiger partial charge in [0, 0.05) is 37.0 Å². The van der Waals surface area contributed by atoms with Crippen LogP contribution in [0.3, 0.4) is 0 Å². The first kappa shape index (κ1) is 26.9. The van der Waals surface area contributed by atoms with E-state index in [1.807, 2.05) is 30.8 Å². The van der Waals surface area contributed by atoms with Crippen molar-refractivity contribution in [2.45, 2.75) is 46.7 Å². The number of hydrogen-bond acceptors (Lipinski definition) is 5. The highest BCUT2D eigenvalue weighted by Gasteiger charge is 2.15. The summed E-state index contributed by atoms with van der Waals surface area (Å²) < 4.78 is 18.2. The van der Waals surface area contributed by atoms with Crippen molar-refractivity contribution < 1.29 is 14.2 Å². The molecule has 0 fully saturated rings. The number of nitrogens with zero attached hydrogens (tertiary/aromatic N) is 3. The second-order valence-corrected chi connectivity index (χ2v) is 7.24. The normalized spacial score (nSPS) is 12.1. The fourth-order valence-electron chi connectivity index (χ4n) is 3.40. The quantitative estimate of drug-likeness (QED) is 0.286. The molecular weight excluding hydrogens is 509 g/mol. The van der Waals surface area contributed by atoms with Crippen molar-refractivity contribution in [3.63, 3.8) is 0 Å². The molecule has 2 N–H and O–H groups in total. The molecule has 0 bridgehead atoms. The maximum atomic E-state index is 5.51. The number of aromatic nitrogens is 2. The number of aliphatic imine (C=N–C) groups is 1. The second-order valence-electron chi connectivity index (χ2n) is 7.24. The van der Waals surface area contributed by atoms with E-state index >= 15 is 0 Å². The van der Waals surface area contributed by atoms with Gasteiger partial charge in [-0.15, -0.1) is 24.0 Å². The Bertz CT molecular complexity index is 883. The first-order chi connectivity index (χ1) is 14.3. The van der Waals surface area contributed by atoms with Crippen LogP contribution in [0, 0.1) is 13.8 Å². The Morgan fingerprint density at radius 1 is 1.10 bits per heavy atom. The van der Waals surface area contributed by atoms with Crippen LogP contribution in [0.5, 0.6) is 17.2 Å². The fourth-order valence-corrected chi connectivity index (χ4v) is 3.40. The number of nitrogens with one attached hydrogen (secondary N) is 2. The number of guanidine groups is 1. The largest absolute Gasteiger partial charge is 0.496 e. The van der Waals surface area contributed by atoms with E-state index < -0.39 is 0 Å². The Hall–Kier alpha value is -2.17. The standard InChI is InChI=1S/C22H35N5O3.HI/c1-9-23-22(25-14(2)10-18-15(3)26-27(5)16(18)4)24-13-17-11-20(29-7)21(30-8)12-19(17)28-6;/h11-12,14H,9-10,13H2,1-8H3,(H2,23,24,25);1H. The van der Waals surface area contributed by atoms with E-state index in [4.69, 9.17) is 19.2 Å². The molecule has 1 unspecified atom stereocenters. The molecule has 9 heteroatoms. The van der Waals surface area contributed by atoms with Crippen LogP contribution in [-0.4, -0.2) is 49.7 Å². The summed E-state index contributed by atoms with van der Waals surface area (Å²) >= 11 is 0. The van der Waals surface area contributed by atoms with E-state index in [0.29, 0.717) is 23.8 Å². The average molecular weight is 545 g/mol. The molecule has 1 aromatic carbocycles. The zero-order valence-electron chi connectivity index (χ0n) is 19.8. The lowest BCUT2D eigenvalue weighted by molar-refractivity contribution is 0.347. The summed E-state index contributed by atoms with van der Waals surface area (Å²) in [5, 5.41) is 11.3. The van der Waals surface area contributed by atoms with E-state index in [1.165, 1.54) is 11.3 Å². The van der Waals surface area contributed by atoms with Crippen LogP contribution >= 0.6 is 24.0 Å². The van der Waals surface area contributed by atoms with Crippen LogP contribution in [-0.2, 0) is 20.0 Å². The van der Waals surface area contributed by atoms with Crippen LogP contribution < -0.4 is 24.8 Å². The number of hydrogen-bond donors (Lipinski definition) is 2. The van der Waals surface area contributed by atoms with Gasteiger partial charge >= 0.3 is 0 Å². The lowest BCUT2D eigenvalue weighted by Gasteiger charge is -2.19. The number of halogens is 1. The van der Waals surface area contributed by atoms with Gasteiger partial charge in [-0.25, -0.2) is 4.99 Å². The fraction of sp³-hybridized carbons (Fsp3) is 0.545. The number of ether oxygens (including phenoxy) is 3. The summed E-state index contributed by atoms with van der Waals surface area (Å²) in [5.41, 5.74) is 4.45. The van der Waals surface area contributed by atoms with Gasteiger partial charge < -0.3 is 24.8 Å². The van der Waals surface area contributed by atoms with Crippen LogP contribution in [0.4, 0.5) is 0 Å². The van der Waals surface area contributed by atoms with E-state index in [1.54, 1.807) is 21.3 Å². The van der Waals surface area contributed by atoms with Gasteiger partial charge in [0.25, 0.3) is 0 Å². The number of benzene rings is 1. The molecule has 1 aromatic heterocycles. The number of aryl methyl sites for hydroxylation is 2. The van der Waals surface area contributed by atoms with Gasteiger partial charge in [-0.05, 0) is 45.7 Å². The minimum atomic E-state index is 0. The zero-order chi connectivity index (χ0) is 22.3. The molecule has 1 atom stereocenters. The monoisotopic (exact) mass is 545 g/mol. The smallest absolute Gasteiger partial charge is 0.191 e. The van der Waals surface area contributed by atoms with Crippen LogP contribution in [0.15, 0.2) is 17.1 Å². The minimum absolute atomic E-state index is 0. The van der Waals surface area contributed by atoms with Crippen LogP contribution in [0.2, 0.25) is 0 Å². The molecule has 1 heterocycles. The molecule has 31 heavy (non-hydrogen) atoms. The summed E-state index contributed by atoms with van der Waals surface area (Å²) in [7, 11) is 6.84. The molecule has 0 saturated carbocycles. The van der Waals surface area contributed by atoms with Crippen molar-refractivity contribution in [2.24, 2.45) is 12.0 Å². The van der Waals surface area contributed by atoms with E-state index in [2.05, 4.69) is 36.5 Å². The maximum absolute atomic E-state index is 5.51. The highest BCUT2D eigenvalue weighted by molar-refractivity contribution is 14.0. The van der Waals surface area contributed by atoms with E-state index in [9.17, 15) is 0 Å². The van der Waals surface area contributed by atoms with Crippen molar-refractivity contribution in [2.75, 3.05) is 27.9 Å². The van der Waals surface area contributed by atoms with Crippen molar-refractivity contribution in [3.8, 4) is 17.2 Å². The first-order valence-electron chi connectivity index (χ1n) is 10.2. The topological polar surface area (TPSA) is 81.9 Å². The molecule has 0 amide bonds. The summed E-state index contributed by atoms with van der Waals surface area (Å²) in [6, 6.07) is 3.91. The van der Waals surface area contributed by atoms with Gasteiger partial charge in [0.05, 0.1) is 33.6 Å². The highest BCUT2D eigenvalue weighted by atomic mass is 127. The third kappa shape index (κ3) is 6.91. The first-order valence-corrected chi connectivity index (χ1v) is 10.2. The predicted molar refractivity (Wildman–Crippen MR) is 135 cm³/mol. The summed E-state index contributed by atoms with van der Waals surface area (Å²) in [6.45, 7) is 9.56. The summed E-state index contributed by atoms with van der Waals surface area (Å²) in [4.78, 5) is 4.75. The van der Waals surface area contributed by atoms with Gasteiger partial charge in [-0.3, -0.25) is 4.68 Å². The zero-order valence-corrected chi connectivity index (χ0v) is 22.2. The molecule has 2 aromatic rings. The maximum Gasteiger partial charge on any atom is 0.191 e. The lowest BCUT2D eigenvalue weighted by atomic mass is 10.1. The molecule has 8 nitrogen and oxygen atoms in total. The Labute approximate surface area is 202 Å². The molecule has 2 rings (SSSR count). The minimum Gasteiger partial charge on any atom is -0.496 e. The van der Waals surface area contributed by atoms with Crippen LogP contribution in [0.1, 0.15) is 36.4 Å². The van der Waals surface area contributed by atoms with Gasteiger partial charge in [0.1, 0.15) is 5.75 Å². The molecule has 0 aliphatic carbocycles. The summed E-state index contributed by atoms with van der Waals surface area (Å²) in [6.07, 6.45) is 0.871. The van der Waals surface area contributed by atoms with Gasteiger partial charge in [0.2, 0.25) is 0 Å². The average Bonchev–Trinajstić information content (AvgIpc) is 2.97. The van der Waals surface area contributed by atoms with Crippen LogP contribution in [0.25, 0.3) is 0 Å². The van der Waals surface area contributed by atoms with E-state index in [-0.39, 0.29) is 30.0 Å². The summed E-state index contributed by atoms with van der Waals surface area (Å²) in [5.74, 6) is 2.74. The molecule has 0 aliphatic heterocycles. The lowest BCUT2D eigenvalue weighted by Crippen LogP contribution is -2.43. The third-order valence-electron chi connectivity index (χ3n) is 5.09. The Kier molecular flexibility index (Phi) is 10.9. The number of rotatable bonds is 9. The SMILES string of the molecule is CCNC(=NCc1cc(OC)c(OC)cc1OC)NC(C)Cc1c(C)nn(C)c1C.I. The van der Waals surface area contributed by atoms with Crippen molar-refractivity contribution in [1.82, 2.24) is 20.4 Å². The molecule has 0 radical (unpaired) electrons. The van der Waals surface area contributed by atoms with Gasteiger partial charge in [0.15, 0.2) is 17.5 Å². The third-order valence-corrected chi connectivity index (χ3v) is 5.09. The Morgan fingerprint density at radius 2 is 1.71 bits per heavy atom. The van der Waals surface area contributed by atoms with Crippen molar-refractivity contribution in [1.29, 1.82) is 0 Å².